The number of aromatic nitrogens is 5. The molecule has 180 valence electrons. The van der Waals surface area contributed by atoms with Crippen LogP contribution in [0.5, 0.6) is 0 Å². The smallest absolute Gasteiger partial charge is 0.261 e. The summed E-state index contributed by atoms with van der Waals surface area (Å²) in [6, 6.07) is 13.1. The molecule has 1 aliphatic rings. The Labute approximate surface area is 204 Å². The molecule has 1 amide bonds. The molecule has 9 nitrogen and oxygen atoms in total. The Kier molecular flexibility index (Phi) is 6.60. The van der Waals surface area contributed by atoms with Gasteiger partial charge in [-0.2, -0.15) is 0 Å². The van der Waals surface area contributed by atoms with Crippen molar-refractivity contribution in [3.8, 4) is 11.4 Å². The van der Waals surface area contributed by atoms with Crippen molar-refractivity contribution in [1.29, 1.82) is 0 Å². The number of amides is 1. The number of hydrogen-bond donors (Lipinski definition) is 1. The second-order valence-corrected chi connectivity index (χ2v) is 9.19. The first kappa shape index (κ1) is 23.2. The van der Waals surface area contributed by atoms with E-state index in [1.165, 1.54) is 28.5 Å². The lowest BCUT2D eigenvalue weighted by atomic mass is 10.2. The van der Waals surface area contributed by atoms with Crippen molar-refractivity contribution < 1.29 is 13.9 Å². The fraction of sp³-hybridized carbons (Fsp3) is 0.292. The Bertz CT molecular complexity index is 1430. The van der Waals surface area contributed by atoms with E-state index in [1.54, 1.807) is 36.4 Å². The molecule has 4 aromatic rings. The average molecular weight is 495 g/mol. The molecule has 35 heavy (non-hydrogen) atoms. The van der Waals surface area contributed by atoms with Gasteiger partial charge in [-0.3, -0.25) is 18.7 Å². The predicted octanol–water partition coefficient (Wildman–Crippen LogP) is 2.75. The van der Waals surface area contributed by atoms with E-state index < -0.39 is 5.91 Å². The van der Waals surface area contributed by atoms with E-state index in [2.05, 4.69) is 15.2 Å². The summed E-state index contributed by atoms with van der Waals surface area (Å²) in [7, 11) is 0. The Balaban J connectivity index is 1.50. The summed E-state index contributed by atoms with van der Waals surface area (Å²) < 4.78 is 22.6. The lowest BCUT2D eigenvalue weighted by Gasteiger charge is -2.15. The number of nitrogens with zero attached hydrogens (tertiary/aromatic N) is 5. The van der Waals surface area contributed by atoms with E-state index in [0.717, 1.165) is 18.4 Å². The largest absolute Gasteiger partial charge is 0.376 e. The molecule has 0 spiro atoms. The summed E-state index contributed by atoms with van der Waals surface area (Å²) in [5.74, 6) is 0.316. The average Bonchev–Trinajstić information content (AvgIpc) is 3.51. The molecule has 2 aromatic heterocycles. The highest BCUT2D eigenvalue weighted by Crippen LogP contribution is 2.28. The fourth-order valence-electron chi connectivity index (χ4n) is 4.14. The van der Waals surface area contributed by atoms with Crippen LogP contribution in [0.15, 0.2) is 58.5 Å². The minimum atomic E-state index is -0.629. The fourth-order valence-corrected chi connectivity index (χ4v) is 5.03. The van der Waals surface area contributed by atoms with Crippen molar-refractivity contribution in [2.24, 2.45) is 5.73 Å². The first-order valence-corrected chi connectivity index (χ1v) is 12.2. The maximum absolute atomic E-state index is 13.5. The minimum Gasteiger partial charge on any atom is -0.376 e. The lowest BCUT2D eigenvalue weighted by molar-refractivity contribution is -0.118. The predicted molar refractivity (Wildman–Crippen MR) is 129 cm³/mol. The first-order chi connectivity index (χ1) is 17.0. The lowest BCUT2D eigenvalue weighted by Crippen LogP contribution is -2.31. The van der Waals surface area contributed by atoms with Crippen molar-refractivity contribution in [3.05, 3.63) is 70.5 Å². The molecule has 0 saturated carbocycles. The van der Waals surface area contributed by atoms with Crippen molar-refractivity contribution in [2.75, 3.05) is 6.61 Å². The highest BCUT2D eigenvalue weighted by molar-refractivity contribution is 7.98. The van der Waals surface area contributed by atoms with Crippen LogP contribution in [0.25, 0.3) is 22.3 Å². The normalized spacial score (nSPS) is 15.6. The molecule has 1 fully saturated rings. The van der Waals surface area contributed by atoms with Gasteiger partial charge in [-0.05, 0) is 49.2 Å². The van der Waals surface area contributed by atoms with E-state index in [4.69, 9.17) is 10.5 Å². The van der Waals surface area contributed by atoms with Gasteiger partial charge in [0.25, 0.3) is 5.56 Å². The summed E-state index contributed by atoms with van der Waals surface area (Å²) in [4.78, 5) is 29.3. The number of para-hydroxylation sites is 1. The standard InChI is InChI=1S/C24H23FN6O3S/c25-16-9-7-15(8-10-16)22-28-29-24(31(22)12-17-4-3-11-34-17)35-14-21-27-19-6-2-1-5-18(19)23(33)30(21)13-20(26)32/h1-2,5-10,17H,3-4,11-14H2,(H2,26,32). The number of halogens is 1. The summed E-state index contributed by atoms with van der Waals surface area (Å²) in [6.45, 7) is 0.985. The van der Waals surface area contributed by atoms with Crippen LogP contribution in [0.1, 0.15) is 18.7 Å². The third kappa shape index (κ3) is 4.96. The Morgan fingerprint density at radius 2 is 1.94 bits per heavy atom. The number of nitrogens with two attached hydrogens (primary N) is 1. The van der Waals surface area contributed by atoms with Crippen molar-refractivity contribution >= 4 is 28.6 Å². The first-order valence-electron chi connectivity index (χ1n) is 11.2. The quantitative estimate of drug-likeness (QED) is 0.374. The zero-order chi connectivity index (χ0) is 24.4. The SMILES string of the molecule is NC(=O)Cn1c(CSc2nnc(-c3ccc(F)cc3)n2CC2CCCO2)nc2ccccc2c1=O. The molecule has 3 heterocycles. The number of carbonyl (C=O) groups is 1. The molecule has 2 aromatic carbocycles. The topological polar surface area (TPSA) is 118 Å². The van der Waals surface area contributed by atoms with Gasteiger partial charge >= 0.3 is 0 Å². The number of fused-ring (bicyclic) bond motifs is 1. The number of hydrogen-bond acceptors (Lipinski definition) is 7. The minimum absolute atomic E-state index is 0.0244. The number of rotatable bonds is 8. The molecule has 5 rings (SSSR count). The van der Waals surface area contributed by atoms with Crippen molar-refractivity contribution in [3.63, 3.8) is 0 Å². The molecule has 2 N–H and O–H groups in total. The van der Waals surface area contributed by atoms with Gasteiger partial charge in [-0.15, -0.1) is 10.2 Å². The number of primary amides is 1. The number of thioether (sulfide) groups is 1. The molecule has 0 radical (unpaired) electrons. The van der Waals surface area contributed by atoms with Gasteiger partial charge in [0.15, 0.2) is 11.0 Å². The summed E-state index contributed by atoms with van der Waals surface area (Å²) in [6.07, 6.45) is 1.94. The second kappa shape index (κ2) is 9.96. The van der Waals surface area contributed by atoms with Gasteiger partial charge in [0.05, 0.1) is 29.3 Å². The van der Waals surface area contributed by atoms with Crippen LogP contribution in [-0.2, 0) is 28.4 Å². The summed E-state index contributed by atoms with van der Waals surface area (Å²) >= 11 is 1.35. The van der Waals surface area contributed by atoms with E-state index in [1.807, 2.05) is 4.57 Å². The summed E-state index contributed by atoms with van der Waals surface area (Å²) in [5, 5.41) is 9.75. The zero-order valence-electron chi connectivity index (χ0n) is 18.8. The van der Waals surface area contributed by atoms with Gasteiger partial charge in [0, 0.05) is 12.2 Å². The molecule has 1 atom stereocenters. The number of carbonyl (C=O) groups excluding carboxylic acids is 1. The molecular weight excluding hydrogens is 471 g/mol. The third-order valence-corrected chi connectivity index (χ3v) is 6.78. The highest BCUT2D eigenvalue weighted by Gasteiger charge is 2.23. The monoisotopic (exact) mass is 494 g/mol. The third-order valence-electron chi connectivity index (χ3n) is 5.81. The molecule has 0 bridgehead atoms. The molecular formula is C24H23FN6O3S. The van der Waals surface area contributed by atoms with Gasteiger partial charge < -0.3 is 10.5 Å². The Morgan fingerprint density at radius 3 is 2.69 bits per heavy atom. The van der Waals surface area contributed by atoms with E-state index in [9.17, 15) is 14.0 Å². The van der Waals surface area contributed by atoms with Crippen LogP contribution < -0.4 is 11.3 Å². The van der Waals surface area contributed by atoms with E-state index in [-0.39, 0.29) is 29.8 Å². The summed E-state index contributed by atoms with van der Waals surface area (Å²) in [5.41, 5.74) is 6.36. The van der Waals surface area contributed by atoms with Crippen LogP contribution in [0.3, 0.4) is 0 Å². The van der Waals surface area contributed by atoms with Crippen LogP contribution >= 0.6 is 11.8 Å². The maximum atomic E-state index is 13.5. The molecule has 11 heteroatoms. The highest BCUT2D eigenvalue weighted by atomic mass is 32.2. The van der Waals surface area contributed by atoms with Crippen LogP contribution in [0.4, 0.5) is 4.39 Å². The van der Waals surface area contributed by atoms with Gasteiger partial charge in [0.1, 0.15) is 18.2 Å². The van der Waals surface area contributed by atoms with Crippen LogP contribution in [0, 0.1) is 5.82 Å². The molecule has 1 unspecified atom stereocenters. The zero-order valence-corrected chi connectivity index (χ0v) is 19.6. The maximum Gasteiger partial charge on any atom is 0.261 e. The molecule has 1 saturated heterocycles. The van der Waals surface area contributed by atoms with Crippen LogP contribution in [-0.4, -0.2) is 42.9 Å². The molecule has 1 aliphatic heterocycles. The number of benzene rings is 2. The van der Waals surface area contributed by atoms with Crippen molar-refractivity contribution in [1.82, 2.24) is 24.3 Å². The van der Waals surface area contributed by atoms with E-state index >= 15 is 0 Å². The van der Waals surface area contributed by atoms with Gasteiger partial charge in [-0.1, -0.05) is 23.9 Å². The van der Waals surface area contributed by atoms with E-state index in [0.29, 0.717) is 40.9 Å². The van der Waals surface area contributed by atoms with Crippen LogP contribution in [0.2, 0.25) is 0 Å². The second-order valence-electron chi connectivity index (χ2n) is 8.25. The Hall–Kier alpha value is -3.57. The molecule has 0 aliphatic carbocycles. The van der Waals surface area contributed by atoms with Gasteiger partial charge in [0.2, 0.25) is 5.91 Å². The van der Waals surface area contributed by atoms with Crippen molar-refractivity contribution in [2.45, 2.75) is 42.9 Å². The van der Waals surface area contributed by atoms with Gasteiger partial charge in [-0.25, -0.2) is 9.37 Å². The number of ether oxygens (including phenoxy) is 1. The Morgan fingerprint density at radius 1 is 1.14 bits per heavy atom.